The number of halogens is 3. The fraction of sp³-hybridized carbons (Fsp3) is 0.381. The summed E-state index contributed by atoms with van der Waals surface area (Å²) in [5.41, 5.74) is 0.106. The number of phenolic OH excluding ortho intramolecular Hbond substituents is 1. The van der Waals surface area contributed by atoms with E-state index in [1.54, 1.807) is 26.8 Å². The first-order valence-electron chi connectivity index (χ1n) is 8.77. The summed E-state index contributed by atoms with van der Waals surface area (Å²) in [6, 6.07) is 9.08. The molecule has 0 aliphatic heterocycles. The molecule has 0 saturated heterocycles. The summed E-state index contributed by atoms with van der Waals surface area (Å²) in [6.45, 7) is 5.40. The Labute approximate surface area is 161 Å². The highest BCUT2D eigenvalue weighted by Crippen LogP contribution is 2.30. The summed E-state index contributed by atoms with van der Waals surface area (Å²) in [6.07, 6.45) is -3.85. The molecule has 4 nitrogen and oxygen atoms in total. The van der Waals surface area contributed by atoms with Crippen LogP contribution in [-0.2, 0) is 28.7 Å². The molecule has 7 heteroatoms. The van der Waals surface area contributed by atoms with E-state index in [-0.39, 0.29) is 30.5 Å². The normalized spacial score (nSPS) is 11.9. The first-order chi connectivity index (χ1) is 12.9. The van der Waals surface area contributed by atoms with Crippen LogP contribution in [0.4, 0.5) is 13.2 Å². The summed E-state index contributed by atoms with van der Waals surface area (Å²) in [5.74, 6) is -0.0309. The summed E-state index contributed by atoms with van der Waals surface area (Å²) < 4.78 is 48.7. The van der Waals surface area contributed by atoms with Crippen LogP contribution in [-0.4, -0.2) is 16.7 Å². The zero-order valence-corrected chi connectivity index (χ0v) is 16.0. The number of hydrogen-bond acceptors (Lipinski definition) is 4. The van der Waals surface area contributed by atoms with Crippen molar-refractivity contribution < 1.29 is 32.5 Å². The number of aromatic hydroxyl groups is 1. The van der Waals surface area contributed by atoms with Gasteiger partial charge in [-0.3, -0.25) is 4.79 Å². The number of rotatable bonds is 6. The van der Waals surface area contributed by atoms with Gasteiger partial charge in [0.05, 0.1) is 5.56 Å². The van der Waals surface area contributed by atoms with Gasteiger partial charge in [0, 0.05) is 6.42 Å². The van der Waals surface area contributed by atoms with E-state index in [9.17, 15) is 23.1 Å². The van der Waals surface area contributed by atoms with Crippen molar-refractivity contribution in [1.29, 1.82) is 0 Å². The Hall–Kier alpha value is -2.70. The van der Waals surface area contributed by atoms with E-state index in [4.69, 9.17) is 9.47 Å². The van der Waals surface area contributed by atoms with Gasteiger partial charge < -0.3 is 14.6 Å². The zero-order valence-electron chi connectivity index (χ0n) is 16.0. The largest absolute Gasteiger partial charge is 0.508 e. The second-order valence-corrected chi connectivity index (χ2v) is 7.35. The smallest absolute Gasteiger partial charge is 0.416 e. The maximum atomic E-state index is 12.6. The topological polar surface area (TPSA) is 55.8 Å². The number of phenols is 1. The van der Waals surface area contributed by atoms with Crippen molar-refractivity contribution >= 4 is 5.97 Å². The highest BCUT2D eigenvalue weighted by Gasteiger charge is 2.30. The number of esters is 1. The van der Waals surface area contributed by atoms with Crippen LogP contribution >= 0.6 is 0 Å². The Balaban J connectivity index is 2.03. The molecule has 0 bridgehead atoms. The highest BCUT2D eigenvalue weighted by molar-refractivity contribution is 5.70. The number of ether oxygens (including phenoxy) is 2. The maximum Gasteiger partial charge on any atom is 0.416 e. The van der Waals surface area contributed by atoms with Gasteiger partial charge in [-0.25, -0.2) is 0 Å². The number of carbonyl (C=O) groups excluding carboxylic acids is 1. The summed E-state index contributed by atoms with van der Waals surface area (Å²) in [7, 11) is 0. The SMILES string of the molecule is CC(C)(C)OC(=O)CCc1ccc(O)cc1COc1ccc(C(F)(F)F)cc1. The first kappa shape index (κ1) is 21.6. The lowest BCUT2D eigenvalue weighted by Crippen LogP contribution is -2.24. The molecule has 2 rings (SSSR count). The minimum Gasteiger partial charge on any atom is -0.508 e. The van der Waals surface area contributed by atoms with E-state index < -0.39 is 17.3 Å². The molecule has 28 heavy (non-hydrogen) atoms. The number of hydrogen-bond donors (Lipinski definition) is 1. The highest BCUT2D eigenvalue weighted by atomic mass is 19.4. The molecule has 1 N–H and O–H groups in total. The van der Waals surface area contributed by atoms with Crippen molar-refractivity contribution in [3.63, 3.8) is 0 Å². The Morgan fingerprint density at radius 3 is 2.21 bits per heavy atom. The van der Waals surface area contributed by atoms with Crippen molar-refractivity contribution in [3.8, 4) is 11.5 Å². The monoisotopic (exact) mass is 396 g/mol. The molecule has 0 radical (unpaired) electrons. The number of benzene rings is 2. The van der Waals surface area contributed by atoms with Gasteiger partial charge in [0.25, 0.3) is 0 Å². The number of carbonyl (C=O) groups is 1. The maximum absolute atomic E-state index is 12.6. The minimum atomic E-state index is -4.40. The molecule has 0 unspecified atom stereocenters. The van der Waals surface area contributed by atoms with Gasteiger partial charge in [-0.1, -0.05) is 6.07 Å². The quantitative estimate of drug-likeness (QED) is 0.677. The fourth-order valence-corrected chi connectivity index (χ4v) is 2.52. The number of alkyl halides is 3. The van der Waals surface area contributed by atoms with Crippen LogP contribution in [0.2, 0.25) is 0 Å². The van der Waals surface area contributed by atoms with Crippen LogP contribution in [0.25, 0.3) is 0 Å². The first-order valence-corrected chi connectivity index (χ1v) is 8.77. The molecule has 0 atom stereocenters. The molecule has 152 valence electrons. The molecule has 0 aromatic heterocycles. The Morgan fingerprint density at radius 2 is 1.64 bits per heavy atom. The molecular formula is C21H23F3O4. The Morgan fingerprint density at radius 1 is 1.00 bits per heavy atom. The van der Waals surface area contributed by atoms with Crippen LogP contribution in [0.5, 0.6) is 11.5 Å². The average Bonchev–Trinajstić information content (AvgIpc) is 2.57. The second-order valence-electron chi connectivity index (χ2n) is 7.35. The van der Waals surface area contributed by atoms with Crippen molar-refractivity contribution in [1.82, 2.24) is 0 Å². The third-order valence-electron chi connectivity index (χ3n) is 3.78. The molecule has 0 aliphatic carbocycles. The summed E-state index contributed by atoms with van der Waals surface area (Å²) in [4.78, 5) is 11.9. The lowest BCUT2D eigenvalue weighted by atomic mass is 10.0. The molecule has 2 aromatic carbocycles. The summed E-state index contributed by atoms with van der Waals surface area (Å²) in [5, 5.41) is 9.72. The van der Waals surface area contributed by atoms with E-state index in [0.29, 0.717) is 12.0 Å². The van der Waals surface area contributed by atoms with Crippen molar-refractivity contribution in [2.24, 2.45) is 0 Å². The Bertz CT molecular complexity index is 806. The lowest BCUT2D eigenvalue weighted by molar-refractivity contribution is -0.154. The van der Waals surface area contributed by atoms with E-state index in [1.807, 2.05) is 0 Å². The third-order valence-corrected chi connectivity index (χ3v) is 3.78. The molecular weight excluding hydrogens is 373 g/mol. The molecule has 0 fully saturated rings. The van der Waals surface area contributed by atoms with Crippen LogP contribution in [0.15, 0.2) is 42.5 Å². The van der Waals surface area contributed by atoms with Gasteiger partial charge in [-0.15, -0.1) is 0 Å². The zero-order chi connectivity index (χ0) is 20.9. The van der Waals surface area contributed by atoms with E-state index in [0.717, 1.165) is 17.7 Å². The van der Waals surface area contributed by atoms with Gasteiger partial charge in [0.2, 0.25) is 0 Å². The van der Waals surface area contributed by atoms with Crippen LogP contribution in [0, 0.1) is 0 Å². The van der Waals surface area contributed by atoms with Gasteiger partial charge >= 0.3 is 12.1 Å². The molecule has 0 aliphatic rings. The summed E-state index contributed by atoms with van der Waals surface area (Å²) >= 11 is 0. The van der Waals surface area contributed by atoms with Crippen LogP contribution in [0.3, 0.4) is 0 Å². The third kappa shape index (κ3) is 6.79. The molecule has 0 amide bonds. The van der Waals surface area contributed by atoms with E-state index in [1.165, 1.54) is 24.3 Å². The van der Waals surface area contributed by atoms with Gasteiger partial charge in [0.15, 0.2) is 0 Å². The van der Waals surface area contributed by atoms with Gasteiger partial charge in [-0.05, 0) is 74.7 Å². The molecule has 0 heterocycles. The molecule has 0 spiro atoms. The predicted molar refractivity (Wildman–Crippen MR) is 98.0 cm³/mol. The minimum absolute atomic E-state index is 0.0343. The molecule has 2 aromatic rings. The van der Waals surface area contributed by atoms with E-state index in [2.05, 4.69) is 0 Å². The average molecular weight is 396 g/mol. The van der Waals surface area contributed by atoms with Crippen LogP contribution < -0.4 is 4.74 Å². The number of aryl methyl sites for hydroxylation is 1. The second kappa shape index (κ2) is 8.54. The van der Waals surface area contributed by atoms with Gasteiger partial charge in [-0.2, -0.15) is 13.2 Å². The lowest BCUT2D eigenvalue weighted by Gasteiger charge is -2.19. The van der Waals surface area contributed by atoms with Gasteiger partial charge in [0.1, 0.15) is 23.7 Å². The fourth-order valence-electron chi connectivity index (χ4n) is 2.52. The Kier molecular flexibility index (Phi) is 6.59. The molecule has 0 saturated carbocycles. The van der Waals surface area contributed by atoms with Crippen molar-refractivity contribution in [2.75, 3.05) is 0 Å². The van der Waals surface area contributed by atoms with Crippen molar-refractivity contribution in [3.05, 3.63) is 59.2 Å². The standard InChI is InChI=1S/C21H23F3O4/c1-20(2,3)28-19(26)11-5-14-4-8-17(25)12-15(14)13-27-18-9-6-16(7-10-18)21(22,23)24/h4,6-10,12,25H,5,11,13H2,1-3H3. The predicted octanol–water partition coefficient (Wildman–Crippen LogP) is 5.26. The van der Waals surface area contributed by atoms with E-state index >= 15 is 0 Å². The van der Waals surface area contributed by atoms with Crippen molar-refractivity contribution in [2.45, 2.75) is 52.0 Å². The van der Waals surface area contributed by atoms with Crippen LogP contribution in [0.1, 0.15) is 43.9 Å².